The van der Waals surface area contributed by atoms with Crippen LogP contribution in [0.5, 0.6) is 5.75 Å². The molecule has 4 heteroatoms. The molecule has 0 saturated carbocycles. The van der Waals surface area contributed by atoms with Gasteiger partial charge < -0.3 is 9.64 Å². The average Bonchev–Trinajstić information content (AvgIpc) is 2.40. The summed E-state index contributed by atoms with van der Waals surface area (Å²) in [5.74, 6) is 1.21. The lowest BCUT2D eigenvalue weighted by Gasteiger charge is -2.33. The first-order valence-corrected chi connectivity index (χ1v) is 6.70. The number of amides is 1. The fourth-order valence-corrected chi connectivity index (χ4v) is 2.29. The Bertz CT molecular complexity index is 396. The molecule has 98 valence electrons. The summed E-state index contributed by atoms with van der Waals surface area (Å²) >= 11 is 6.19. The molecule has 0 bridgehead atoms. The number of likely N-dealkylation sites (tertiary alicyclic amines) is 1. The van der Waals surface area contributed by atoms with Crippen LogP contribution in [-0.2, 0) is 4.79 Å². The van der Waals surface area contributed by atoms with Gasteiger partial charge in [-0.1, -0.05) is 25.1 Å². The molecular weight excluding hydrogens is 250 g/mol. The van der Waals surface area contributed by atoms with E-state index in [1.54, 1.807) is 4.90 Å². The number of nitrogens with zero attached hydrogens (tertiary/aromatic N) is 1. The topological polar surface area (TPSA) is 29.5 Å². The summed E-state index contributed by atoms with van der Waals surface area (Å²) in [4.78, 5) is 13.8. The number of para-hydroxylation sites is 1. The van der Waals surface area contributed by atoms with Gasteiger partial charge in [0.05, 0.1) is 5.38 Å². The maximum Gasteiger partial charge on any atom is 0.260 e. The zero-order valence-corrected chi connectivity index (χ0v) is 11.3. The maximum absolute atomic E-state index is 12.0. The van der Waals surface area contributed by atoms with Crippen LogP contribution in [0.2, 0.25) is 0 Å². The van der Waals surface area contributed by atoms with E-state index in [4.69, 9.17) is 16.3 Å². The molecule has 0 N–H and O–H groups in total. The van der Waals surface area contributed by atoms with E-state index in [1.807, 2.05) is 30.3 Å². The number of carbonyl (C=O) groups is 1. The third kappa shape index (κ3) is 3.39. The van der Waals surface area contributed by atoms with Gasteiger partial charge in [0.15, 0.2) is 6.61 Å². The second-order valence-electron chi connectivity index (χ2n) is 4.72. The summed E-state index contributed by atoms with van der Waals surface area (Å²) < 4.78 is 5.45. The standard InChI is InChI=1S/C14H18ClNO2/c1-11-7-8-16(9-13(11)15)14(17)10-18-12-5-3-2-4-6-12/h2-6,11,13H,7-10H2,1H3. The lowest BCUT2D eigenvalue weighted by atomic mass is 9.99. The van der Waals surface area contributed by atoms with E-state index in [1.165, 1.54) is 0 Å². The molecule has 1 aliphatic rings. The van der Waals surface area contributed by atoms with Crippen molar-refractivity contribution in [2.24, 2.45) is 5.92 Å². The minimum absolute atomic E-state index is 0.0106. The number of hydrogen-bond acceptors (Lipinski definition) is 2. The first kappa shape index (κ1) is 13.2. The van der Waals surface area contributed by atoms with E-state index < -0.39 is 0 Å². The molecule has 1 aliphatic heterocycles. The third-order valence-electron chi connectivity index (χ3n) is 3.32. The van der Waals surface area contributed by atoms with Gasteiger partial charge in [-0.05, 0) is 24.5 Å². The van der Waals surface area contributed by atoms with E-state index in [0.717, 1.165) is 18.7 Å². The van der Waals surface area contributed by atoms with Crippen molar-refractivity contribution in [3.63, 3.8) is 0 Å². The van der Waals surface area contributed by atoms with Crippen molar-refractivity contribution in [1.82, 2.24) is 4.90 Å². The normalized spacial score (nSPS) is 23.8. The molecule has 3 nitrogen and oxygen atoms in total. The highest BCUT2D eigenvalue weighted by Crippen LogP contribution is 2.21. The second-order valence-corrected chi connectivity index (χ2v) is 5.28. The maximum atomic E-state index is 12.0. The molecule has 1 fully saturated rings. The van der Waals surface area contributed by atoms with Gasteiger partial charge in [-0.3, -0.25) is 4.79 Å². The lowest BCUT2D eigenvalue weighted by Crippen LogP contribution is -2.45. The zero-order chi connectivity index (χ0) is 13.0. The van der Waals surface area contributed by atoms with Crippen molar-refractivity contribution >= 4 is 17.5 Å². The molecule has 1 aromatic rings. The summed E-state index contributed by atoms with van der Waals surface area (Å²) in [7, 11) is 0. The fourth-order valence-electron chi connectivity index (χ4n) is 2.00. The van der Waals surface area contributed by atoms with Crippen LogP contribution in [0.25, 0.3) is 0 Å². The highest BCUT2D eigenvalue weighted by molar-refractivity contribution is 6.21. The van der Waals surface area contributed by atoms with E-state index in [9.17, 15) is 4.79 Å². The first-order chi connectivity index (χ1) is 8.66. The van der Waals surface area contributed by atoms with Crippen molar-refractivity contribution in [1.29, 1.82) is 0 Å². The Hall–Kier alpha value is -1.22. The van der Waals surface area contributed by atoms with Gasteiger partial charge in [0.25, 0.3) is 5.91 Å². The van der Waals surface area contributed by atoms with E-state index >= 15 is 0 Å². The van der Waals surface area contributed by atoms with Crippen LogP contribution in [0.15, 0.2) is 30.3 Å². The fraction of sp³-hybridized carbons (Fsp3) is 0.500. The molecule has 2 rings (SSSR count). The molecule has 18 heavy (non-hydrogen) atoms. The molecule has 1 aromatic carbocycles. The van der Waals surface area contributed by atoms with Crippen LogP contribution < -0.4 is 4.74 Å². The quantitative estimate of drug-likeness (QED) is 0.788. The molecular formula is C14H18ClNO2. The number of halogens is 1. The largest absolute Gasteiger partial charge is 0.484 e. The Balaban J connectivity index is 1.82. The van der Waals surface area contributed by atoms with E-state index in [2.05, 4.69) is 6.92 Å². The summed E-state index contributed by atoms with van der Waals surface area (Å²) in [6.45, 7) is 3.61. The molecule has 1 saturated heterocycles. The van der Waals surface area contributed by atoms with E-state index in [-0.39, 0.29) is 17.9 Å². The Morgan fingerprint density at radius 3 is 2.83 bits per heavy atom. The predicted octanol–water partition coefficient (Wildman–Crippen LogP) is 2.54. The number of hydrogen-bond donors (Lipinski definition) is 0. The number of rotatable bonds is 3. The average molecular weight is 268 g/mol. The van der Waals surface area contributed by atoms with Crippen LogP contribution >= 0.6 is 11.6 Å². The van der Waals surface area contributed by atoms with Gasteiger partial charge in [-0.25, -0.2) is 0 Å². The Morgan fingerprint density at radius 2 is 2.17 bits per heavy atom. The lowest BCUT2D eigenvalue weighted by molar-refractivity contribution is -0.134. The number of carbonyl (C=O) groups excluding carboxylic acids is 1. The molecule has 1 amide bonds. The number of piperidine rings is 1. The summed E-state index contributed by atoms with van der Waals surface area (Å²) in [6, 6.07) is 9.37. The summed E-state index contributed by atoms with van der Waals surface area (Å²) in [5, 5.41) is 0.0550. The Kier molecular flexibility index (Phi) is 4.48. The highest BCUT2D eigenvalue weighted by atomic mass is 35.5. The second kappa shape index (κ2) is 6.10. The van der Waals surface area contributed by atoms with Crippen molar-refractivity contribution < 1.29 is 9.53 Å². The smallest absolute Gasteiger partial charge is 0.260 e. The van der Waals surface area contributed by atoms with Gasteiger partial charge in [0.1, 0.15) is 5.75 Å². The molecule has 2 atom stereocenters. The minimum Gasteiger partial charge on any atom is -0.484 e. The third-order valence-corrected chi connectivity index (χ3v) is 3.89. The minimum atomic E-state index is 0.0106. The molecule has 0 aliphatic carbocycles. The molecule has 0 aromatic heterocycles. The summed E-state index contributed by atoms with van der Waals surface area (Å²) in [6.07, 6.45) is 0.964. The first-order valence-electron chi connectivity index (χ1n) is 6.26. The predicted molar refractivity (Wildman–Crippen MR) is 71.9 cm³/mol. The van der Waals surface area contributed by atoms with Crippen LogP contribution in [0, 0.1) is 5.92 Å². The number of ether oxygens (including phenoxy) is 1. The van der Waals surface area contributed by atoms with Crippen molar-refractivity contribution in [2.45, 2.75) is 18.7 Å². The van der Waals surface area contributed by atoms with Crippen LogP contribution in [0.1, 0.15) is 13.3 Å². The number of alkyl halides is 1. The van der Waals surface area contributed by atoms with E-state index in [0.29, 0.717) is 12.5 Å². The Labute approximate surface area is 113 Å². The highest BCUT2D eigenvalue weighted by Gasteiger charge is 2.27. The van der Waals surface area contributed by atoms with Gasteiger partial charge >= 0.3 is 0 Å². The molecule has 0 spiro atoms. The van der Waals surface area contributed by atoms with Gasteiger partial charge in [-0.2, -0.15) is 0 Å². The Morgan fingerprint density at radius 1 is 1.44 bits per heavy atom. The summed E-state index contributed by atoms with van der Waals surface area (Å²) in [5.41, 5.74) is 0. The van der Waals surface area contributed by atoms with Crippen molar-refractivity contribution in [2.75, 3.05) is 19.7 Å². The monoisotopic (exact) mass is 267 g/mol. The molecule has 1 heterocycles. The van der Waals surface area contributed by atoms with Gasteiger partial charge in [-0.15, -0.1) is 11.6 Å². The van der Waals surface area contributed by atoms with Gasteiger partial charge in [0, 0.05) is 13.1 Å². The van der Waals surface area contributed by atoms with Crippen LogP contribution in [0.4, 0.5) is 0 Å². The number of benzene rings is 1. The van der Waals surface area contributed by atoms with Crippen LogP contribution in [0.3, 0.4) is 0 Å². The van der Waals surface area contributed by atoms with Crippen molar-refractivity contribution in [3.05, 3.63) is 30.3 Å². The SMILES string of the molecule is CC1CCN(C(=O)COc2ccccc2)CC1Cl. The molecule has 0 radical (unpaired) electrons. The van der Waals surface area contributed by atoms with Gasteiger partial charge in [0.2, 0.25) is 0 Å². The van der Waals surface area contributed by atoms with Crippen molar-refractivity contribution in [3.8, 4) is 5.75 Å². The van der Waals surface area contributed by atoms with Crippen LogP contribution in [-0.4, -0.2) is 35.9 Å². The zero-order valence-electron chi connectivity index (χ0n) is 10.5. The molecule has 2 unspecified atom stereocenters.